The number of ether oxygens (including phenoxy) is 1. The van der Waals surface area contributed by atoms with Crippen LogP contribution in [0.5, 0.6) is 5.75 Å². The van der Waals surface area contributed by atoms with Gasteiger partial charge in [-0.1, -0.05) is 49.4 Å². The minimum Gasteiger partial charge on any atom is -0.494 e. The first-order valence-corrected chi connectivity index (χ1v) is 13.6. The van der Waals surface area contributed by atoms with Crippen molar-refractivity contribution in [1.29, 1.82) is 0 Å². The van der Waals surface area contributed by atoms with E-state index < -0.39 is 26.6 Å². The van der Waals surface area contributed by atoms with E-state index in [2.05, 4.69) is 15.9 Å². The first kappa shape index (κ1) is 24.7. The second-order valence-electron chi connectivity index (χ2n) is 6.85. The van der Waals surface area contributed by atoms with Gasteiger partial charge in [0.1, 0.15) is 5.75 Å². The number of halogens is 2. The van der Waals surface area contributed by atoms with E-state index in [0.29, 0.717) is 31.7 Å². The Morgan fingerprint density at radius 1 is 0.906 bits per heavy atom. The van der Waals surface area contributed by atoms with Gasteiger partial charge in [0.05, 0.1) is 22.9 Å². The zero-order valence-corrected chi connectivity index (χ0v) is 21.3. The van der Waals surface area contributed by atoms with Crippen LogP contribution < -0.4 is 4.74 Å². The first-order valence-electron chi connectivity index (χ1n) is 9.57. The van der Waals surface area contributed by atoms with Gasteiger partial charge < -0.3 is 4.74 Å². The molecule has 0 radical (unpaired) electrons. The molecule has 0 unspecified atom stereocenters. The number of nitrogens with zero attached hydrogens (tertiary/aromatic N) is 1. The highest BCUT2D eigenvalue weighted by Crippen LogP contribution is 2.31. The smallest absolute Gasteiger partial charge is 0.256 e. The highest BCUT2D eigenvalue weighted by Gasteiger charge is 2.37. The van der Waals surface area contributed by atoms with E-state index >= 15 is 0 Å². The van der Waals surface area contributed by atoms with Gasteiger partial charge in [-0.15, -0.1) is 0 Å². The van der Waals surface area contributed by atoms with Crippen molar-refractivity contribution in [2.75, 3.05) is 6.61 Å². The Hall–Kier alpha value is -1.91. The van der Waals surface area contributed by atoms with Crippen molar-refractivity contribution < 1.29 is 21.6 Å². The van der Waals surface area contributed by atoms with Crippen LogP contribution in [0.25, 0.3) is 0 Å². The molecule has 0 aromatic heterocycles. The summed E-state index contributed by atoms with van der Waals surface area (Å²) >= 11 is 9.56. The fraction of sp³-hybridized carbons (Fsp3) is 0.182. The average Bonchev–Trinajstić information content (AvgIpc) is 2.75. The molecule has 0 atom stereocenters. The van der Waals surface area contributed by atoms with Crippen molar-refractivity contribution in [2.45, 2.75) is 30.2 Å². The summed E-state index contributed by atoms with van der Waals surface area (Å²) in [6.45, 7) is 3.50. The Morgan fingerprint density at radius 2 is 1.50 bits per heavy atom. The zero-order chi connectivity index (χ0) is 23.5. The molecule has 0 amide bonds. The van der Waals surface area contributed by atoms with Crippen molar-refractivity contribution in [1.82, 2.24) is 3.71 Å². The van der Waals surface area contributed by atoms with Crippen LogP contribution in [0.15, 0.2) is 81.0 Å². The summed E-state index contributed by atoms with van der Waals surface area (Å²) in [6.07, 6.45) is 0. The molecule has 0 aliphatic rings. The lowest BCUT2D eigenvalue weighted by molar-refractivity contribution is 0.340. The van der Waals surface area contributed by atoms with Gasteiger partial charge in [0, 0.05) is 9.50 Å². The van der Waals surface area contributed by atoms with E-state index in [4.69, 9.17) is 16.3 Å². The largest absolute Gasteiger partial charge is 0.494 e. The number of aryl methyl sites for hydroxylation is 1. The van der Waals surface area contributed by atoms with Crippen molar-refractivity contribution in [2.24, 2.45) is 0 Å². The van der Waals surface area contributed by atoms with E-state index in [0.717, 1.165) is 0 Å². The van der Waals surface area contributed by atoms with Crippen LogP contribution in [-0.2, 0) is 26.6 Å². The van der Waals surface area contributed by atoms with E-state index in [9.17, 15) is 16.8 Å². The molecule has 3 aromatic carbocycles. The van der Waals surface area contributed by atoms with Crippen LogP contribution >= 0.6 is 27.5 Å². The second-order valence-corrected chi connectivity index (χ2v) is 12.1. The van der Waals surface area contributed by atoms with Crippen LogP contribution in [0.1, 0.15) is 18.1 Å². The normalized spacial score (nSPS) is 12.2. The summed E-state index contributed by atoms with van der Waals surface area (Å²) in [4.78, 5) is -0.315. The van der Waals surface area contributed by atoms with Gasteiger partial charge in [-0.3, -0.25) is 0 Å². The molecular weight excluding hydrogens is 538 g/mol. The second kappa shape index (κ2) is 9.93. The fourth-order valence-electron chi connectivity index (χ4n) is 2.95. The standard InChI is InChI=1S/C22H21BrClNO5S2/c1-3-30-18-8-10-19(11-9-18)31(26,27)25(15-17-6-4-5-7-22(17)24)32(28,29)20-12-13-21(23)16(2)14-20/h4-14H,3,15H2,1-2H3. The molecule has 6 nitrogen and oxygen atoms in total. The molecule has 170 valence electrons. The van der Waals surface area contributed by atoms with E-state index in [1.54, 1.807) is 37.3 Å². The lowest BCUT2D eigenvalue weighted by Gasteiger charge is -2.23. The van der Waals surface area contributed by atoms with E-state index in [1.165, 1.54) is 36.4 Å². The third kappa shape index (κ3) is 5.18. The van der Waals surface area contributed by atoms with E-state index in [-0.39, 0.29) is 14.8 Å². The van der Waals surface area contributed by atoms with Gasteiger partial charge in [0.25, 0.3) is 20.0 Å². The molecular formula is C22H21BrClNO5S2. The Morgan fingerprint density at radius 3 is 2.09 bits per heavy atom. The van der Waals surface area contributed by atoms with Crippen molar-refractivity contribution in [3.63, 3.8) is 0 Å². The van der Waals surface area contributed by atoms with Crippen LogP contribution in [0.3, 0.4) is 0 Å². The third-order valence-corrected chi connectivity index (χ3v) is 10.1. The molecule has 0 bridgehead atoms. The Kier molecular flexibility index (Phi) is 7.67. The maximum atomic E-state index is 13.6. The van der Waals surface area contributed by atoms with Gasteiger partial charge in [-0.25, -0.2) is 16.8 Å². The molecule has 0 heterocycles. The molecule has 3 rings (SSSR count). The van der Waals surface area contributed by atoms with Gasteiger partial charge in [-0.05, 0) is 73.5 Å². The summed E-state index contributed by atoms with van der Waals surface area (Å²) < 4.78 is 60.8. The third-order valence-electron chi connectivity index (χ3n) is 4.65. The van der Waals surface area contributed by atoms with Gasteiger partial charge in [-0.2, -0.15) is 0 Å². The molecule has 0 spiro atoms. The summed E-state index contributed by atoms with van der Waals surface area (Å²) in [5, 5.41) is 0.265. The zero-order valence-electron chi connectivity index (χ0n) is 17.3. The van der Waals surface area contributed by atoms with Crippen LogP contribution in [0, 0.1) is 6.92 Å². The molecule has 0 saturated carbocycles. The maximum absolute atomic E-state index is 13.6. The highest BCUT2D eigenvalue weighted by atomic mass is 79.9. The summed E-state index contributed by atoms with van der Waals surface area (Å²) in [5.74, 6) is 0.482. The molecule has 0 fully saturated rings. The van der Waals surface area contributed by atoms with Gasteiger partial charge >= 0.3 is 0 Å². The Bertz CT molecular complexity index is 1330. The summed E-state index contributed by atoms with van der Waals surface area (Å²) in [6, 6.07) is 16.5. The van der Waals surface area contributed by atoms with Crippen molar-refractivity contribution >= 4 is 47.6 Å². The Balaban J connectivity index is 2.15. The maximum Gasteiger partial charge on any atom is 0.256 e. The summed E-state index contributed by atoms with van der Waals surface area (Å²) in [7, 11) is -8.90. The molecule has 0 aliphatic carbocycles. The molecule has 10 heteroatoms. The lowest BCUT2D eigenvalue weighted by atomic mass is 10.2. The predicted octanol–water partition coefficient (Wildman–Crippen LogP) is 5.39. The minimum absolute atomic E-state index is 0.139. The van der Waals surface area contributed by atoms with Gasteiger partial charge in [0.2, 0.25) is 0 Å². The Labute approximate surface area is 202 Å². The molecule has 32 heavy (non-hydrogen) atoms. The van der Waals surface area contributed by atoms with Crippen LogP contribution in [-0.4, -0.2) is 27.2 Å². The fourth-order valence-corrected chi connectivity index (χ4v) is 7.08. The quantitative estimate of drug-likeness (QED) is 0.370. The topological polar surface area (TPSA) is 80.8 Å². The van der Waals surface area contributed by atoms with Crippen molar-refractivity contribution in [3.05, 3.63) is 87.4 Å². The molecule has 0 saturated heterocycles. The number of rotatable bonds is 8. The number of sulfonamides is 2. The molecule has 0 N–H and O–H groups in total. The molecule has 0 aliphatic heterocycles. The van der Waals surface area contributed by atoms with Crippen molar-refractivity contribution in [3.8, 4) is 5.75 Å². The monoisotopic (exact) mass is 557 g/mol. The number of hydrogen-bond donors (Lipinski definition) is 0. The number of benzene rings is 3. The lowest BCUT2D eigenvalue weighted by Crippen LogP contribution is -2.36. The average molecular weight is 559 g/mol. The summed E-state index contributed by atoms with van der Waals surface area (Å²) in [5.41, 5.74) is 1.02. The highest BCUT2D eigenvalue weighted by molar-refractivity contribution is 9.10. The van der Waals surface area contributed by atoms with Crippen LogP contribution in [0.2, 0.25) is 5.02 Å². The minimum atomic E-state index is -4.46. The van der Waals surface area contributed by atoms with Gasteiger partial charge in [0.15, 0.2) is 0 Å². The first-order chi connectivity index (χ1) is 15.1. The molecule has 3 aromatic rings. The van der Waals surface area contributed by atoms with Crippen LogP contribution in [0.4, 0.5) is 0 Å². The number of hydrogen-bond acceptors (Lipinski definition) is 5. The predicted molar refractivity (Wildman–Crippen MR) is 128 cm³/mol. The van der Waals surface area contributed by atoms with E-state index in [1.807, 2.05) is 6.92 Å². The SMILES string of the molecule is CCOc1ccc(S(=O)(=O)N(Cc2ccccc2Cl)S(=O)(=O)c2ccc(Br)c(C)c2)cc1.